The van der Waals surface area contributed by atoms with Gasteiger partial charge in [0.2, 0.25) is 11.8 Å². The van der Waals surface area contributed by atoms with Crippen LogP contribution in [0.2, 0.25) is 0 Å². The Morgan fingerprint density at radius 1 is 0.982 bits per heavy atom. The van der Waals surface area contributed by atoms with Crippen molar-refractivity contribution in [2.24, 2.45) is 7.05 Å². The number of hydrogen-bond acceptors (Lipinski definition) is 11. The zero-order chi connectivity index (χ0) is 39.4. The molecule has 5 heterocycles. The minimum atomic E-state index is -0.881. The molecule has 2 fully saturated rings. The Morgan fingerprint density at radius 2 is 1.71 bits per heavy atom. The molecule has 0 saturated carbocycles. The molecular formula is C41H57N9O6. The number of amides is 2. The van der Waals surface area contributed by atoms with Gasteiger partial charge in [0.15, 0.2) is 0 Å². The number of unbranched alkanes of at least 4 members (excludes halogenated alkanes) is 5. The van der Waals surface area contributed by atoms with Crippen molar-refractivity contribution < 1.29 is 24.2 Å². The van der Waals surface area contributed by atoms with Crippen LogP contribution in [0.15, 0.2) is 47.7 Å². The zero-order valence-corrected chi connectivity index (χ0v) is 32.9. The van der Waals surface area contributed by atoms with E-state index < -0.39 is 6.23 Å². The average Bonchev–Trinajstić information content (AvgIpc) is 3.71. The Balaban J connectivity index is 0.813. The molecule has 1 aromatic carbocycles. The van der Waals surface area contributed by atoms with E-state index in [1.807, 2.05) is 24.4 Å². The van der Waals surface area contributed by atoms with Crippen molar-refractivity contribution in [2.45, 2.75) is 88.9 Å². The number of hydrogen-bond donors (Lipinski definition) is 6. The first-order chi connectivity index (χ1) is 27.2. The van der Waals surface area contributed by atoms with Gasteiger partial charge < -0.3 is 45.3 Å². The number of rotatable bonds is 19. The number of ether oxygens (including phenoxy) is 2. The molecule has 2 amide bonds. The van der Waals surface area contributed by atoms with Crippen molar-refractivity contribution in [3.63, 3.8) is 0 Å². The minimum Gasteiger partial charge on any atom is -0.496 e. The van der Waals surface area contributed by atoms with Crippen molar-refractivity contribution in [2.75, 3.05) is 52.3 Å². The first-order valence-corrected chi connectivity index (χ1v) is 19.9. The number of benzene rings is 1. The topological polar surface area (TPSA) is 188 Å². The lowest BCUT2D eigenvalue weighted by Crippen LogP contribution is -2.51. The number of aromatic amines is 1. The van der Waals surface area contributed by atoms with Gasteiger partial charge >= 0.3 is 0 Å². The van der Waals surface area contributed by atoms with Gasteiger partial charge in [0, 0.05) is 60.9 Å². The van der Waals surface area contributed by atoms with E-state index in [1.165, 1.54) is 30.3 Å². The van der Waals surface area contributed by atoms with Crippen LogP contribution in [-0.2, 0) is 23.2 Å². The van der Waals surface area contributed by atoms with Crippen LogP contribution < -0.4 is 36.3 Å². The van der Waals surface area contributed by atoms with Gasteiger partial charge in [-0.2, -0.15) is 5.10 Å². The number of piperidine rings is 2. The van der Waals surface area contributed by atoms with E-state index in [-0.39, 0.29) is 30.0 Å². The second kappa shape index (κ2) is 19.7. The third kappa shape index (κ3) is 10.4. The molecule has 0 aliphatic carbocycles. The summed E-state index contributed by atoms with van der Waals surface area (Å²) in [6.07, 6.45) is 14.5. The lowest BCUT2D eigenvalue weighted by molar-refractivity contribution is -0.127. The maximum atomic E-state index is 12.6. The fourth-order valence-corrected chi connectivity index (χ4v) is 7.79. The number of aliphatic hydroxyl groups is 1. The highest BCUT2D eigenvalue weighted by molar-refractivity contribution is 5.94. The normalized spacial score (nSPS) is 17.8. The van der Waals surface area contributed by atoms with Gasteiger partial charge in [0.25, 0.3) is 5.56 Å². The lowest BCUT2D eigenvalue weighted by Gasteiger charge is -2.32. The molecule has 15 heteroatoms. The molecule has 2 aliphatic heterocycles. The standard InChI is InChI=1S/C41H57N9O6/c1-49-26-32(30-24-45-48-39(30)41(49)54)28-20-35(55-2)31(36(21-28)56-3)23-42-25-38(52)43-16-8-6-4-5-7-9-17-50-18-14-27(15-19-50)33-11-10-29(22-44-33)46-34-12-13-37(51)47-40(34)53/h10-11,20-22,24,26-27,34,40,42,46,53H,4-9,12-19,23,25H2,1-3H3,(H,43,52)(H,45,48)(H,47,51). The van der Waals surface area contributed by atoms with E-state index in [2.05, 4.69) is 42.4 Å². The van der Waals surface area contributed by atoms with Crippen molar-refractivity contribution in [3.8, 4) is 22.6 Å². The van der Waals surface area contributed by atoms with E-state index in [9.17, 15) is 19.5 Å². The third-order valence-corrected chi connectivity index (χ3v) is 11.0. The molecule has 15 nitrogen and oxygen atoms in total. The monoisotopic (exact) mass is 771 g/mol. The summed E-state index contributed by atoms with van der Waals surface area (Å²) in [6.45, 7) is 4.55. The number of H-pyrrole nitrogens is 1. The summed E-state index contributed by atoms with van der Waals surface area (Å²) in [5.41, 5.74) is 4.71. The van der Waals surface area contributed by atoms with E-state index >= 15 is 0 Å². The number of nitrogens with one attached hydrogen (secondary N) is 5. The van der Waals surface area contributed by atoms with Crippen LogP contribution in [0.25, 0.3) is 22.0 Å². The van der Waals surface area contributed by atoms with Crippen LogP contribution in [-0.4, -0.2) is 101 Å². The predicted octanol–water partition coefficient (Wildman–Crippen LogP) is 3.78. The summed E-state index contributed by atoms with van der Waals surface area (Å²) in [4.78, 5) is 43.8. The number of anilines is 1. The molecule has 2 aliphatic rings. The molecule has 2 unspecified atom stereocenters. The molecule has 2 saturated heterocycles. The summed E-state index contributed by atoms with van der Waals surface area (Å²) in [7, 11) is 4.91. The number of pyridine rings is 2. The molecule has 0 bridgehead atoms. The molecule has 6 N–H and O–H groups in total. The number of fused-ring (bicyclic) bond motifs is 1. The van der Waals surface area contributed by atoms with Crippen molar-refractivity contribution >= 4 is 28.4 Å². The van der Waals surface area contributed by atoms with Gasteiger partial charge in [-0.15, -0.1) is 0 Å². The fourth-order valence-electron chi connectivity index (χ4n) is 7.79. The molecule has 3 aromatic heterocycles. The Labute approximate surface area is 327 Å². The highest BCUT2D eigenvalue weighted by Gasteiger charge is 2.27. The molecule has 56 heavy (non-hydrogen) atoms. The van der Waals surface area contributed by atoms with Gasteiger partial charge in [0.1, 0.15) is 23.2 Å². The van der Waals surface area contributed by atoms with Crippen molar-refractivity contribution in [1.82, 2.24) is 40.6 Å². The zero-order valence-electron chi connectivity index (χ0n) is 32.9. The quantitative estimate of drug-likeness (QED) is 0.0762. The van der Waals surface area contributed by atoms with Crippen molar-refractivity contribution in [1.29, 1.82) is 0 Å². The predicted molar refractivity (Wildman–Crippen MR) is 216 cm³/mol. The lowest BCUT2D eigenvalue weighted by atomic mass is 9.93. The highest BCUT2D eigenvalue weighted by atomic mass is 16.5. The second-order valence-electron chi connectivity index (χ2n) is 14.9. The maximum Gasteiger partial charge on any atom is 0.276 e. The van der Waals surface area contributed by atoms with Crippen molar-refractivity contribution in [3.05, 3.63) is 64.5 Å². The summed E-state index contributed by atoms with van der Waals surface area (Å²) in [6, 6.07) is 7.73. The Kier molecular flexibility index (Phi) is 14.3. The molecule has 0 spiro atoms. The maximum absolute atomic E-state index is 12.6. The summed E-state index contributed by atoms with van der Waals surface area (Å²) in [5, 5.41) is 29.8. The number of methoxy groups -OCH3 is 2. The first kappa shape index (κ1) is 40.7. The number of nitrogens with zero attached hydrogens (tertiary/aromatic N) is 4. The number of aliphatic hydroxyl groups excluding tert-OH is 1. The van der Waals surface area contributed by atoms with Gasteiger partial charge in [-0.05, 0) is 81.6 Å². The van der Waals surface area contributed by atoms with Gasteiger partial charge in [-0.1, -0.05) is 25.7 Å². The second-order valence-corrected chi connectivity index (χ2v) is 14.9. The van der Waals surface area contributed by atoms with Gasteiger partial charge in [0.05, 0.1) is 44.9 Å². The summed E-state index contributed by atoms with van der Waals surface area (Å²) >= 11 is 0. The first-order valence-electron chi connectivity index (χ1n) is 19.9. The van der Waals surface area contributed by atoms with E-state index in [1.54, 1.807) is 33.7 Å². The summed E-state index contributed by atoms with van der Waals surface area (Å²) in [5.74, 6) is 1.54. The SMILES string of the molecule is COc1cc(-c2cn(C)c(=O)c3[nH]ncc23)cc(OC)c1CNCC(=O)NCCCCCCCCN1CCC(c2ccc(NC3CCC(=O)NC3O)cn2)CC1. The van der Waals surface area contributed by atoms with Crippen LogP contribution in [0, 0.1) is 0 Å². The largest absolute Gasteiger partial charge is 0.496 e. The Morgan fingerprint density at radius 3 is 2.41 bits per heavy atom. The van der Waals surface area contributed by atoms with Crippen LogP contribution in [0.5, 0.6) is 11.5 Å². The highest BCUT2D eigenvalue weighted by Crippen LogP contribution is 2.37. The van der Waals surface area contributed by atoms with E-state index in [0.717, 1.165) is 73.4 Å². The van der Waals surface area contributed by atoms with Gasteiger partial charge in [-0.3, -0.25) is 24.5 Å². The minimum absolute atomic E-state index is 0.0477. The molecule has 302 valence electrons. The average molecular weight is 772 g/mol. The van der Waals surface area contributed by atoms with E-state index in [4.69, 9.17) is 14.5 Å². The smallest absolute Gasteiger partial charge is 0.276 e. The molecule has 6 rings (SSSR count). The van der Waals surface area contributed by atoms with Gasteiger partial charge in [-0.25, -0.2) is 0 Å². The molecular weight excluding hydrogens is 715 g/mol. The molecule has 4 aromatic rings. The molecule has 0 radical (unpaired) electrons. The molecule has 2 atom stereocenters. The Bertz CT molecular complexity index is 1950. The summed E-state index contributed by atoms with van der Waals surface area (Å²) < 4.78 is 13.0. The third-order valence-electron chi connectivity index (χ3n) is 11.0. The number of aryl methyl sites for hydroxylation is 1. The van der Waals surface area contributed by atoms with Crippen LogP contribution in [0.4, 0.5) is 5.69 Å². The van der Waals surface area contributed by atoms with Crippen LogP contribution in [0.3, 0.4) is 0 Å². The van der Waals surface area contributed by atoms with E-state index in [0.29, 0.717) is 54.3 Å². The Hall–Kier alpha value is -4.99. The number of carbonyl (C=O) groups is 2. The fraction of sp³-hybridized carbons (Fsp3) is 0.537. The number of aromatic nitrogens is 4. The number of carbonyl (C=O) groups excluding carboxylic acids is 2. The van der Waals surface area contributed by atoms with Crippen LogP contribution in [0.1, 0.15) is 81.4 Å². The number of likely N-dealkylation sites (tertiary alicyclic amines) is 1. The van der Waals surface area contributed by atoms with Crippen LogP contribution >= 0.6 is 0 Å².